The molecule has 0 radical (unpaired) electrons. The van der Waals surface area contributed by atoms with Gasteiger partial charge >= 0.3 is 6.03 Å². The zero-order valence-electron chi connectivity index (χ0n) is 17.8. The lowest BCUT2D eigenvalue weighted by Crippen LogP contribution is -2.39. The van der Waals surface area contributed by atoms with Gasteiger partial charge in [-0.05, 0) is 42.7 Å². The Labute approximate surface area is 206 Å². The number of likely N-dealkylation sites (N-methyl/N-ethyl adjacent to an activating group) is 1. The Kier molecular flexibility index (Phi) is 5.95. The number of benzene rings is 2. The fourth-order valence-electron chi connectivity index (χ4n) is 4.88. The number of hydrogen-bond acceptors (Lipinski definition) is 5. The maximum Gasteiger partial charge on any atom is 0.331 e. The van der Waals surface area contributed by atoms with E-state index in [0.29, 0.717) is 45.9 Å². The molecule has 174 valence electrons. The third-order valence-electron chi connectivity index (χ3n) is 6.49. The number of fused-ring (bicyclic) bond motifs is 1. The molecule has 3 amide bonds. The lowest BCUT2D eigenvalue weighted by molar-refractivity contribution is -0.116. The van der Waals surface area contributed by atoms with Crippen molar-refractivity contribution in [3.63, 3.8) is 0 Å². The van der Waals surface area contributed by atoms with Crippen molar-refractivity contribution < 1.29 is 19.4 Å². The average molecular weight is 511 g/mol. The third kappa shape index (κ3) is 4.06. The number of rotatable bonds is 4. The first kappa shape index (κ1) is 22.7. The van der Waals surface area contributed by atoms with Crippen LogP contribution in [0.2, 0.25) is 15.1 Å². The number of hydrogen-bond donors (Lipinski definition) is 1. The molecule has 0 spiro atoms. The Morgan fingerprint density at radius 3 is 2.55 bits per heavy atom. The predicted octanol–water partition coefficient (Wildman–Crippen LogP) is 4.16. The summed E-state index contributed by atoms with van der Waals surface area (Å²) < 4.78 is 6.47. The van der Waals surface area contributed by atoms with Gasteiger partial charge in [-0.25, -0.2) is 9.69 Å². The Hall–Kier alpha value is -2.03. The molecule has 33 heavy (non-hydrogen) atoms. The second-order valence-electron chi connectivity index (χ2n) is 8.69. The summed E-state index contributed by atoms with van der Waals surface area (Å²) in [6.07, 6.45) is 0.511. The van der Waals surface area contributed by atoms with Crippen molar-refractivity contribution in [3.05, 3.63) is 56.5 Å². The van der Waals surface area contributed by atoms with Gasteiger partial charge in [0.05, 0.1) is 22.9 Å². The van der Waals surface area contributed by atoms with Gasteiger partial charge in [-0.2, -0.15) is 0 Å². The van der Waals surface area contributed by atoms with E-state index in [1.165, 1.54) is 4.90 Å². The summed E-state index contributed by atoms with van der Waals surface area (Å²) in [7, 11) is 1.57. The lowest BCUT2D eigenvalue weighted by atomic mass is 10.1. The fraction of sp³-hybridized carbons (Fsp3) is 0.391. The minimum absolute atomic E-state index is 0.0179. The number of ether oxygens (including phenoxy) is 1. The first-order valence-electron chi connectivity index (χ1n) is 10.7. The third-order valence-corrected chi connectivity index (χ3v) is 7.36. The van der Waals surface area contributed by atoms with Crippen molar-refractivity contribution in [2.75, 3.05) is 31.6 Å². The highest BCUT2D eigenvalue weighted by atomic mass is 35.5. The molecule has 3 aliphatic rings. The van der Waals surface area contributed by atoms with Gasteiger partial charge in [-0.1, -0.05) is 34.8 Å². The first-order chi connectivity index (χ1) is 15.7. The number of amides is 3. The molecule has 10 heteroatoms. The van der Waals surface area contributed by atoms with Crippen LogP contribution < -0.4 is 9.64 Å². The van der Waals surface area contributed by atoms with Crippen molar-refractivity contribution in [1.82, 2.24) is 9.80 Å². The van der Waals surface area contributed by atoms with Crippen molar-refractivity contribution in [2.24, 2.45) is 0 Å². The number of likely N-dealkylation sites (tertiary alicyclic amines) is 1. The fourth-order valence-corrected chi connectivity index (χ4v) is 5.63. The number of anilines is 1. The van der Waals surface area contributed by atoms with Gasteiger partial charge in [-0.3, -0.25) is 9.69 Å². The van der Waals surface area contributed by atoms with Crippen molar-refractivity contribution >= 4 is 52.4 Å². The molecule has 7 nitrogen and oxygen atoms in total. The van der Waals surface area contributed by atoms with E-state index in [9.17, 15) is 14.7 Å². The van der Waals surface area contributed by atoms with Crippen molar-refractivity contribution in [1.29, 1.82) is 0 Å². The second kappa shape index (κ2) is 8.64. The van der Waals surface area contributed by atoms with Gasteiger partial charge in [0, 0.05) is 41.8 Å². The maximum atomic E-state index is 12.4. The normalized spacial score (nSPS) is 25.3. The molecule has 1 N–H and O–H groups in total. The molecule has 2 aromatic rings. The SMILES string of the molecule is CN1CC(=O)N(c2ccc(Cl)c(O[C@H]3c4cc(Cl)cc(Cl)c4C[C@@H]3N3CC[C@@H](O)C3)c2)C1=O. The number of urea groups is 1. The highest BCUT2D eigenvalue weighted by molar-refractivity contribution is 6.35. The molecule has 2 fully saturated rings. The quantitative estimate of drug-likeness (QED) is 0.626. The number of carbonyl (C=O) groups excluding carboxylic acids is 2. The number of halogens is 3. The lowest BCUT2D eigenvalue weighted by Gasteiger charge is -2.30. The van der Waals surface area contributed by atoms with E-state index in [4.69, 9.17) is 39.5 Å². The molecule has 0 bridgehead atoms. The monoisotopic (exact) mass is 509 g/mol. The molecule has 2 aromatic carbocycles. The van der Waals surface area contributed by atoms with E-state index in [2.05, 4.69) is 4.90 Å². The Balaban J connectivity index is 1.51. The molecule has 2 saturated heterocycles. The van der Waals surface area contributed by atoms with E-state index < -0.39 is 12.1 Å². The summed E-state index contributed by atoms with van der Waals surface area (Å²) in [6.45, 7) is 1.30. The van der Waals surface area contributed by atoms with E-state index >= 15 is 0 Å². The van der Waals surface area contributed by atoms with Gasteiger partial charge in [0.2, 0.25) is 0 Å². The van der Waals surface area contributed by atoms with Crippen LogP contribution in [-0.4, -0.2) is 65.7 Å². The molecule has 0 aromatic heterocycles. The van der Waals surface area contributed by atoms with Crippen LogP contribution in [0.25, 0.3) is 0 Å². The minimum atomic E-state index is -0.443. The summed E-state index contributed by atoms with van der Waals surface area (Å²) in [5, 5.41) is 11.5. The molecule has 0 unspecified atom stereocenters. The minimum Gasteiger partial charge on any atom is -0.482 e. The zero-order valence-corrected chi connectivity index (χ0v) is 20.1. The molecular weight excluding hydrogens is 489 g/mol. The summed E-state index contributed by atoms with van der Waals surface area (Å²) in [4.78, 5) is 29.5. The Bertz CT molecular complexity index is 1140. The molecule has 2 aliphatic heterocycles. The molecule has 3 atom stereocenters. The molecule has 5 rings (SSSR count). The summed E-state index contributed by atoms with van der Waals surface area (Å²) in [5.41, 5.74) is 2.22. The first-order valence-corrected chi connectivity index (χ1v) is 11.8. The van der Waals surface area contributed by atoms with Gasteiger partial charge in [0.15, 0.2) is 0 Å². The molecule has 1 aliphatic carbocycles. The molecular formula is C23H22Cl3N3O4. The summed E-state index contributed by atoms with van der Waals surface area (Å²) >= 11 is 19.3. The Morgan fingerprint density at radius 1 is 1.09 bits per heavy atom. The van der Waals surface area contributed by atoms with Crippen molar-refractivity contribution in [3.8, 4) is 5.75 Å². The van der Waals surface area contributed by atoms with Gasteiger partial charge < -0.3 is 14.7 Å². The van der Waals surface area contributed by atoms with E-state index in [1.54, 1.807) is 31.3 Å². The number of β-amino-alcohol motifs (C(OH)–C–C–N with tert-alkyl or cyclic N) is 1. The summed E-state index contributed by atoms with van der Waals surface area (Å²) in [6, 6.07) is 7.93. The van der Waals surface area contributed by atoms with E-state index in [0.717, 1.165) is 22.6 Å². The number of imide groups is 1. The van der Waals surface area contributed by atoms with Crippen LogP contribution in [0, 0.1) is 0 Å². The number of aliphatic hydroxyl groups excluding tert-OH is 1. The standard InChI is InChI=1S/C23H22Cl3N3O4/c1-27-11-21(31)29(23(27)32)13-2-3-17(25)20(8-13)33-22-16-6-12(24)7-18(26)15(16)9-19(22)28-5-4-14(30)10-28/h2-3,6-8,14,19,22,30H,4-5,9-11H2,1H3/t14-,19+,22+/m1/s1. The van der Waals surface area contributed by atoms with Crippen LogP contribution in [0.15, 0.2) is 30.3 Å². The second-order valence-corrected chi connectivity index (χ2v) is 9.94. The smallest absolute Gasteiger partial charge is 0.331 e. The average Bonchev–Trinajstić information content (AvgIpc) is 3.41. The van der Waals surface area contributed by atoms with Crippen LogP contribution in [-0.2, 0) is 11.2 Å². The van der Waals surface area contributed by atoms with Crippen LogP contribution in [0.3, 0.4) is 0 Å². The Morgan fingerprint density at radius 2 is 1.88 bits per heavy atom. The van der Waals surface area contributed by atoms with Crippen LogP contribution in [0.1, 0.15) is 23.7 Å². The number of nitrogens with zero attached hydrogens (tertiary/aromatic N) is 3. The highest BCUT2D eigenvalue weighted by Gasteiger charge is 2.42. The van der Waals surface area contributed by atoms with Crippen LogP contribution >= 0.6 is 34.8 Å². The number of aliphatic hydroxyl groups is 1. The predicted molar refractivity (Wildman–Crippen MR) is 126 cm³/mol. The number of carbonyl (C=O) groups is 2. The van der Waals surface area contributed by atoms with Gasteiger partial charge in [-0.15, -0.1) is 0 Å². The van der Waals surface area contributed by atoms with Crippen LogP contribution in [0.4, 0.5) is 10.5 Å². The largest absolute Gasteiger partial charge is 0.482 e. The zero-order chi connectivity index (χ0) is 23.4. The maximum absolute atomic E-state index is 12.4. The molecule has 0 saturated carbocycles. The topological polar surface area (TPSA) is 73.3 Å². The highest BCUT2D eigenvalue weighted by Crippen LogP contribution is 2.45. The van der Waals surface area contributed by atoms with Crippen molar-refractivity contribution in [2.45, 2.75) is 31.1 Å². The van der Waals surface area contributed by atoms with E-state index in [-0.39, 0.29) is 24.6 Å². The van der Waals surface area contributed by atoms with Crippen LogP contribution in [0.5, 0.6) is 5.75 Å². The summed E-state index contributed by atoms with van der Waals surface area (Å²) in [5.74, 6) is 0.0347. The molecule has 2 heterocycles. The van der Waals surface area contributed by atoms with E-state index in [1.807, 2.05) is 6.07 Å². The van der Waals surface area contributed by atoms with Gasteiger partial charge in [0.25, 0.3) is 5.91 Å². The van der Waals surface area contributed by atoms with Gasteiger partial charge in [0.1, 0.15) is 18.4 Å².